The summed E-state index contributed by atoms with van der Waals surface area (Å²) in [5, 5.41) is 15.7. The van der Waals surface area contributed by atoms with Crippen molar-refractivity contribution in [3.8, 4) is 11.5 Å². The number of hydrazone groups is 1. The molecule has 0 saturated heterocycles. The van der Waals surface area contributed by atoms with Crippen LogP contribution in [0.25, 0.3) is 0 Å². The van der Waals surface area contributed by atoms with Crippen molar-refractivity contribution in [1.82, 2.24) is 5.43 Å². The van der Waals surface area contributed by atoms with Crippen molar-refractivity contribution in [3.05, 3.63) is 89.0 Å². The van der Waals surface area contributed by atoms with Gasteiger partial charge in [-0.2, -0.15) is 5.10 Å². The van der Waals surface area contributed by atoms with Gasteiger partial charge in [-0.3, -0.25) is 0 Å². The van der Waals surface area contributed by atoms with Crippen molar-refractivity contribution >= 4 is 23.9 Å². The van der Waals surface area contributed by atoms with Gasteiger partial charge in [-0.05, 0) is 48.4 Å². The maximum absolute atomic E-state index is 12.1. The minimum atomic E-state index is -0.986. The molecule has 0 aromatic heterocycles. The molecule has 164 valence electrons. The van der Waals surface area contributed by atoms with Gasteiger partial charge in [0, 0.05) is 11.3 Å². The van der Waals surface area contributed by atoms with Crippen LogP contribution in [0.15, 0.2) is 71.8 Å². The number of anilines is 1. The zero-order valence-electron chi connectivity index (χ0n) is 17.7. The van der Waals surface area contributed by atoms with Gasteiger partial charge < -0.3 is 19.9 Å². The maximum Gasteiger partial charge on any atom is 0.339 e. The number of carbonyl (C=O) groups is 2. The fourth-order valence-electron chi connectivity index (χ4n) is 2.87. The number of aromatic carboxylic acids is 1. The predicted molar refractivity (Wildman–Crippen MR) is 122 cm³/mol. The van der Waals surface area contributed by atoms with Crippen LogP contribution in [0.5, 0.6) is 11.5 Å². The number of urea groups is 1. The molecule has 0 aliphatic carbocycles. The first kappa shape index (κ1) is 22.4. The standard InChI is InChI=1S/C24H23N3O5/c1-16-6-3-4-8-20(16)26-24(30)27-25-14-19-7-5-9-21(31-2)22(19)32-15-17-10-12-18(13-11-17)23(28)29/h3-14H,15H2,1-2H3,(H,28,29)(H2,26,27,30)/b25-14+. The maximum atomic E-state index is 12.1. The summed E-state index contributed by atoms with van der Waals surface area (Å²) >= 11 is 0. The molecule has 0 fully saturated rings. The Hall–Kier alpha value is -4.33. The van der Waals surface area contributed by atoms with Crippen LogP contribution in [0.1, 0.15) is 27.0 Å². The highest BCUT2D eigenvalue weighted by atomic mass is 16.5. The van der Waals surface area contributed by atoms with E-state index in [1.165, 1.54) is 25.5 Å². The summed E-state index contributed by atoms with van der Waals surface area (Å²) in [7, 11) is 1.53. The quantitative estimate of drug-likeness (QED) is 0.360. The molecule has 0 bridgehead atoms. The van der Waals surface area contributed by atoms with Crippen molar-refractivity contribution in [2.24, 2.45) is 5.10 Å². The number of amides is 2. The van der Waals surface area contributed by atoms with Crippen molar-refractivity contribution in [2.45, 2.75) is 13.5 Å². The van der Waals surface area contributed by atoms with Gasteiger partial charge in [-0.25, -0.2) is 15.0 Å². The molecule has 0 radical (unpaired) electrons. The molecule has 0 unspecified atom stereocenters. The second kappa shape index (κ2) is 10.6. The second-order valence-electron chi connectivity index (χ2n) is 6.81. The highest BCUT2D eigenvalue weighted by Crippen LogP contribution is 2.30. The molecule has 8 heteroatoms. The fraction of sp³-hybridized carbons (Fsp3) is 0.125. The molecule has 3 aromatic carbocycles. The Morgan fingerprint density at radius 2 is 1.78 bits per heavy atom. The summed E-state index contributed by atoms with van der Waals surface area (Å²) in [5.41, 5.74) is 5.65. The van der Waals surface area contributed by atoms with E-state index >= 15 is 0 Å². The fourth-order valence-corrected chi connectivity index (χ4v) is 2.87. The number of rotatable bonds is 8. The van der Waals surface area contributed by atoms with Crippen LogP contribution in [0.2, 0.25) is 0 Å². The molecule has 0 heterocycles. The third-order valence-corrected chi connectivity index (χ3v) is 4.58. The Balaban J connectivity index is 1.68. The number of ether oxygens (including phenoxy) is 2. The molecule has 0 atom stereocenters. The summed E-state index contributed by atoms with van der Waals surface area (Å²) in [4.78, 5) is 23.1. The number of carbonyl (C=O) groups excluding carboxylic acids is 1. The van der Waals surface area contributed by atoms with E-state index in [1.807, 2.05) is 25.1 Å². The summed E-state index contributed by atoms with van der Waals surface area (Å²) in [6, 6.07) is 18.7. The van der Waals surface area contributed by atoms with Gasteiger partial charge in [0.25, 0.3) is 0 Å². The zero-order valence-corrected chi connectivity index (χ0v) is 17.7. The number of nitrogens with zero attached hydrogens (tertiary/aromatic N) is 1. The Bertz CT molecular complexity index is 1130. The zero-order chi connectivity index (χ0) is 22.9. The average molecular weight is 433 g/mol. The van der Waals surface area contributed by atoms with Crippen LogP contribution >= 0.6 is 0 Å². The third-order valence-electron chi connectivity index (χ3n) is 4.58. The molecule has 0 saturated carbocycles. The van der Waals surface area contributed by atoms with Gasteiger partial charge in [-0.1, -0.05) is 36.4 Å². The van der Waals surface area contributed by atoms with Crippen LogP contribution < -0.4 is 20.2 Å². The molecule has 0 spiro atoms. The lowest BCUT2D eigenvalue weighted by Crippen LogP contribution is -2.24. The van der Waals surface area contributed by atoms with Crippen molar-refractivity contribution in [3.63, 3.8) is 0 Å². The SMILES string of the molecule is COc1cccc(/C=N/NC(=O)Nc2ccccc2C)c1OCc1ccc(C(=O)O)cc1. The lowest BCUT2D eigenvalue weighted by atomic mass is 10.1. The largest absolute Gasteiger partial charge is 0.493 e. The Morgan fingerprint density at radius 3 is 2.47 bits per heavy atom. The second-order valence-corrected chi connectivity index (χ2v) is 6.81. The van der Waals surface area contributed by atoms with E-state index in [1.54, 1.807) is 36.4 Å². The first-order valence-electron chi connectivity index (χ1n) is 9.75. The lowest BCUT2D eigenvalue weighted by molar-refractivity contribution is 0.0696. The van der Waals surface area contributed by atoms with Gasteiger partial charge in [0.1, 0.15) is 6.61 Å². The number of hydrogen-bond donors (Lipinski definition) is 3. The molecule has 0 aliphatic rings. The van der Waals surface area contributed by atoms with Crippen LogP contribution in [-0.2, 0) is 6.61 Å². The smallest absolute Gasteiger partial charge is 0.339 e. The van der Waals surface area contributed by atoms with Crippen LogP contribution in [0, 0.1) is 6.92 Å². The summed E-state index contributed by atoms with van der Waals surface area (Å²) in [6.07, 6.45) is 1.46. The predicted octanol–water partition coefficient (Wildman–Crippen LogP) is 4.44. The number of para-hydroxylation sites is 2. The lowest BCUT2D eigenvalue weighted by Gasteiger charge is -2.13. The van der Waals surface area contributed by atoms with Gasteiger partial charge in [0.05, 0.1) is 18.9 Å². The molecule has 8 nitrogen and oxygen atoms in total. The minimum absolute atomic E-state index is 0.197. The summed E-state index contributed by atoms with van der Waals surface area (Å²) in [6.45, 7) is 2.09. The topological polar surface area (TPSA) is 109 Å². The van der Waals surface area contributed by atoms with E-state index < -0.39 is 12.0 Å². The number of methoxy groups -OCH3 is 1. The van der Waals surface area contributed by atoms with Gasteiger partial charge in [0.2, 0.25) is 0 Å². The highest BCUT2D eigenvalue weighted by molar-refractivity contribution is 5.91. The Morgan fingerprint density at radius 1 is 1.03 bits per heavy atom. The Labute approximate surface area is 185 Å². The highest BCUT2D eigenvalue weighted by Gasteiger charge is 2.11. The summed E-state index contributed by atoms with van der Waals surface area (Å²) in [5.74, 6) is -0.0395. The monoisotopic (exact) mass is 433 g/mol. The molecule has 3 aromatic rings. The van der Waals surface area contributed by atoms with Crippen molar-refractivity contribution < 1.29 is 24.2 Å². The van der Waals surface area contributed by atoms with Crippen molar-refractivity contribution in [2.75, 3.05) is 12.4 Å². The molecule has 3 rings (SSSR count). The molecule has 3 N–H and O–H groups in total. The minimum Gasteiger partial charge on any atom is -0.493 e. The number of aryl methyl sites for hydroxylation is 1. The first-order valence-corrected chi connectivity index (χ1v) is 9.75. The Kier molecular flexibility index (Phi) is 7.42. The van der Waals surface area contributed by atoms with E-state index in [2.05, 4.69) is 15.8 Å². The van der Waals surface area contributed by atoms with E-state index in [0.717, 1.165) is 11.1 Å². The third kappa shape index (κ3) is 5.85. The van der Waals surface area contributed by atoms with Gasteiger partial charge in [0.15, 0.2) is 11.5 Å². The number of nitrogens with one attached hydrogen (secondary N) is 2. The number of benzene rings is 3. The normalized spacial score (nSPS) is 10.6. The number of carboxylic acid groups (broad SMARTS) is 1. The summed E-state index contributed by atoms with van der Waals surface area (Å²) < 4.78 is 11.3. The molecule has 2 amide bonds. The molecule has 32 heavy (non-hydrogen) atoms. The van der Waals surface area contributed by atoms with Gasteiger partial charge in [-0.15, -0.1) is 0 Å². The van der Waals surface area contributed by atoms with E-state index in [4.69, 9.17) is 14.6 Å². The molecular weight excluding hydrogens is 410 g/mol. The molecule has 0 aliphatic heterocycles. The average Bonchev–Trinajstić information content (AvgIpc) is 2.79. The van der Waals surface area contributed by atoms with E-state index in [-0.39, 0.29) is 12.2 Å². The molecular formula is C24H23N3O5. The van der Waals surface area contributed by atoms with Crippen LogP contribution in [-0.4, -0.2) is 30.4 Å². The van der Waals surface area contributed by atoms with Crippen LogP contribution in [0.3, 0.4) is 0 Å². The van der Waals surface area contributed by atoms with Crippen molar-refractivity contribution in [1.29, 1.82) is 0 Å². The van der Waals surface area contributed by atoms with Gasteiger partial charge >= 0.3 is 12.0 Å². The number of hydrogen-bond acceptors (Lipinski definition) is 5. The number of carboxylic acids is 1. The van der Waals surface area contributed by atoms with Crippen LogP contribution in [0.4, 0.5) is 10.5 Å². The van der Waals surface area contributed by atoms with E-state index in [0.29, 0.717) is 22.7 Å². The first-order chi connectivity index (χ1) is 15.5. The van der Waals surface area contributed by atoms with E-state index in [9.17, 15) is 9.59 Å².